The van der Waals surface area contributed by atoms with E-state index in [0.29, 0.717) is 12.1 Å². The lowest BCUT2D eigenvalue weighted by Crippen LogP contribution is -2.25. The highest BCUT2D eigenvalue weighted by molar-refractivity contribution is 7.98. The Morgan fingerprint density at radius 2 is 1.85 bits per heavy atom. The fraction of sp³-hybridized carbons (Fsp3) is 0.182. The number of hydrogen-bond donors (Lipinski definition) is 1. The van der Waals surface area contributed by atoms with Crippen molar-refractivity contribution in [3.63, 3.8) is 0 Å². The fourth-order valence-electron chi connectivity index (χ4n) is 2.58. The Morgan fingerprint density at radius 1 is 1.04 bits per heavy atom. The van der Waals surface area contributed by atoms with Crippen molar-refractivity contribution >= 4 is 17.7 Å². The monoisotopic (exact) mass is 378 g/mol. The standard InChI is InChI=1S/C22H22N2O2S/c1-26-20-9-5-8-17(14-20)12-13-23-22(25)19-10-11-21(24-15-19)27-16-18-6-3-2-4-7-18/h2-11,14-15H,12-13,16H2,1H3,(H,23,25). The number of pyridine rings is 1. The van der Waals surface area contributed by atoms with Crippen LogP contribution in [0.3, 0.4) is 0 Å². The first-order valence-corrected chi connectivity index (χ1v) is 9.77. The second-order valence-electron chi connectivity index (χ2n) is 6.02. The van der Waals surface area contributed by atoms with Gasteiger partial charge < -0.3 is 10.1 Å². The predicted octanol–water partition coefficient (Wildman–Crippen LogP) is 4.36. The van der Waals surface area contributed by atoms with Crippen LogP contribution in [0.1, 0.15) is 21.5 Å². The topological polar surface area (TPSA) is 51.2 Å². The third kappa shape index (κ3) is 5.86. The van der Waals surface area contributed by atoms with Crippen molar-refractivity contribution in [1.82, 2.24) is 10.3 Å². The van der Waals surface area contributed by atoms with E-state index >= 15 is 0 Å². The molecular formula is C22H22N2O2S. The summed E-state index contributed by atoms with van der Waals surface area (Å²) < 4.78 is 5.21. The second kappa shape index (κ2) is 9.78. The fourth-order valence-corrected chi connectivity index (χ4v) is 3.38. The van der Waals surface area contributed by atoms with Crippen LogP contribution in [-0.4, -0.2) is 24.5 Å². The summed E-state index contributed by atoms with van der Waals surface area (Å²) in [5, 5.41) is 3.84. The molecule has 4 nitrogen and oxygen atoms in total. The third-order valence-corrected chi connectivity index (χ3v) is 5.08. The van der Waals surface area contributed by atoms with Gasteiger partial charge in [0.1, 0.15) is 5.75 Å². The van der Waals surface area contributed by atoms with Gasteiger partial charge >= 0.3 is 0 Å². The van der Waals surface area contributed by atoms with E-state index in [-0.39, 0.29) is 5.91 Å². The van der Waals surface area contributed by atoms with E-state index in [1.54, 1.807) is 25.1 Å². The van der Waals surface area contributed by atoms with Crippen LogP contribution in [0.25, 0.3) is 0 Å². The molecule has 0 fully saturated rings. The zero-order valence-electron chi connectivity index (χ0n) is 15.2. The van der Waals surface area contributed by atoms with Crippen LogP contribution in [0.2, 0.25) is 0 Å². The van der Waals surface area contributed by atoms with Crippen molar-refractivity contribution in [3.05, 3.63) is 89.6 Å². The number of methoxy groups -OCH3 is 1. The second-order valence-corrected chi connectivity index (χ2v) is 7.01. The highest BCUT2D eigenvalue weighted by Crippen LogP contribution is 2.20. The maximum Gasteiger partial charge on any atom is 0.252 e. The van der Waals surface area contributed by atoms with Crippen LogP contribution in [0.4, 0.5) is 0 Å². The van der Waals surface area contributed by atoms with Crippen LogP contribution in [-0.2, 0) is 12.2 Å². The molecule has 0 saturated heterocycles. The minimum absolute atomic E-state index is 0.106. The number of amides is 1. The van der Waals surface area contributed by atoms with Gasteiger partial charge in [-0.15, -0.1) is 11.8 Å². The largest absolute Gasteiger partial charge is 0.497 e. The summed E-state index contributed by atoms with van der Waals surface area (Å²) in [6.07, 6.45) is 2.38. The average molecular weight is 378 g/mol. The number of benzene rings is 2. The van der Waals surface area contributed by atoms with Crippen molar-refractivity contribution < 1.29 is 9.53 Å². The predicted molar refractivity (Wildman–Crippen MR) is 109 cm³/mol. The quantitative estimate of drug-likeness (QED) is 0.592. The molecular weight excluding hydrogens is 356 g/mol. The molecule has 2 aromatic carbocycles. The molecule has 0 aliphatic carbocycles. The molecule has 0 aliphatic heterocycles. The Hall–Kier alpha value is -2.79. The Bertz CT molecular complexity index is 867. The number of rotatable bonds is 8. The summed E-state index contributed by atoms with van der Waals surface area (Å²) in [5.41, 5.74) is 2.95. The van der Waals surface area contributed by atoms with Gasteiger partial charge in [0.25, 0.3) is 5.91 Å². The number of aromatic nitrogens is 1. The third-order valence-electron chi connectivity index (χ3n) is 4.06. The molecule has 3 aromatic rings. The van der Waals surface area contributed by atoms with Crippen molar-refractivity contribution in [3.8, 4) is 5.75 Å². The molecule has 0 bridgehead atoms. The van der Waals surface area contributed by atoms with E-state index in [2.05, 4.69) is 22.4 Å². The average Bonchev–Trinajstić information content (AvgIpc) is 2.73. The number of carbonyl (C=O) groups excluding carboxylic acids is 1. The molecule has 0 aliphatic rings. The molecule has 1 amide bonds. The van der Waals surface area contributed by atoms with E-state index < -0.39 is 0 Å². The molecule has 0 spiro atoms. The van der Waals surface area contributed by atoms with Crippen molar-refractivity contribution in [2.24, 2.45) is 0 Å². The Labute approximate surface area is 164 Å². The summed E-state index contributed by atoms with van der Waals surface area (Å²) in [6, 6.07) is 21.8. The Kier molecular flexibility index (Phi) is 6.88. The lowest BCUT2D eigenvalue weighted by atomic mass is 10.1. The van der Waals surface area contributed by atoms with E-state index in [0.717, 1.165) is 28.5 Å². The summed E-state index contributed by atoms with van der Waals surface area (Å²) in [4.78, 5) is 16.7. The van der Waals surface area contributed by atoms with Crippen molar-refractivity contribution in [2.45, 2.75) is 17.2 Å². The maximum atomic E-state index is 12.3. The van der Waals surface area contributed by atoms with Gasteiger partial charge in [-0.25, -0.2) is 4.98 Å². The van der Waals surface area contributed by atoms with Crippen LogP contribution < -0.4 is 10.1 Å². The van der Waals surface area contributed by atoms with Crippen LogP contribution in [0.5, 0.6) is 5.75 Å². The van der Waals surface area contributed by atoms with Gasteiger partial charge in [0.2, 0.25) is 0 Å². The summed E-state index contributed by atoms with van der Waals surface area (Å²) in [6.45, 7) is 0.566. The van der Waals surface area contributed by atoms with E-state index in [1.165, 1.54) is 5.56 Å². The lowest BCUT2D eigenvalue weighted by Gasteiger charge is -2.07. The number of nitrogens with one attached hydrogen (secondary N) is 1. The number of ether oxygens (including phenoxy) is 1. The molecule has 0 unspecified atom stereocenters. The zero-order valence-corrected chi connectivity index (χ0v) is 16.0. The van der Waals surface area contributed by atoms with Crippen LogP contribution in [0, 0.1) is 0 Å². The van der Waals surface area contributed by atoms with Gasteiger partial charge in [-0.3, -0.25) is 4.79 Å². The van der Waals surface area contributed by atoms with Crippen molar-refractivity contribution in [2.75, 3.05) is 13.7 Å². The molecule has 1 heterocycles. The molecule has 3 rings (SSSR count). The van der Waals surface area contributed by atoms with Gasteiger partial charge in [0.05, 0.1) is 17.7 Å². The summed E-state index contributed by atoms with van der Waals surface area (Å²) >= 11 is 1.66. The summed E-state index contributed by atoms with van der Waals surface area (Å²) in [7, 11) is 1.65. The smallest absolute Gasteiger partial charge is 0.252 e. The van der Waals surface area contributed by atoms with Gasteiger partial charge in [-0.2, -0.15) is 0 Å². The molecule has 27 heavy (non-hydrogen) atoms. The van der Waals surface area contributed by atoms with Gasteiger partial charge in [-0.05, 0) is 41.8 Å². The number of hydrogen-bond acceptors (Lipinski definition) is 4. The van der Waals surface area contributed by atoms with Gasteiger partial charge in [0.15, 0.2) is 0 Å². The van der Waals surface area contributed by atoms with Crippen molar-refractivity contribution in [1.29, 1.82) is 0 Å². The number of nitrogens with zero attached hydrogens (tertiary/aromatic N) is 1. The normalized spacial score (nSPS) is 10.4. The van der Waals surface area contributed by atoms with E-state index in [1.807, 2.05) is 54.6 Å². The maximum absolute atomic E-state index is 12.3. The summed E-state index contributed by atoms with van der Waals surface area (Å²) in [5.74, 6) is 1.58. The zero-order chi connectivity index (χ0) is 18.9. The molecule has 5 heteroatoms. The number of thioether (sulfide) groups is 1. The van der Waals surface area contributed by atoms with Crippen LogP contribution >= 0.6 is 11.8 Å². The Morgan fingerprint density at radius 3 is 2.59 bits per heavy atom. The minimum Gasteiger partial charge on any atom is -0.497 e. The lowest BCUT2D eigenvalue weighted by molar-refractivity contribution is 0.0953. The highest BCUT2D eigenvalue weighted by Gasteiger charge is 2.06. The molecule has 138 valence electrons. The van der Waals surface area contributed by atoms with Gasteiger partial charge in [0, 0.05) is 18.5 Å². The highest BCUT2D eigenvalue weighted by atomic mass is 32.2. The minimum atomic E-state index is -0.106. The van der Waals surface area contributed by atoms with E-state index in [9.17, 15) is 4.79 Å². The number of carbonyl (C=O) groups is 1. The SMILES string of the molecule is COc1cccc(CCNC(=O)c2ccc(SCc3ccccc3)nc2)c1. The molecule has 0 atom stereocenters. The first-order chi connectivity index (χ1) is 13.2. The molecule has 1 aromatic heterocycles. The van der Waals surface area contributed by atoms with Crippen LogP contribution in [0.15, 0.2) is 78.0 Å². The van der Waals surface area contributed by atoms with Gasteiger partial charge in [-0.1, -0.05) is 42.5 Å². The first kappa shape index (κ1) is 19.0. The molecule has 1 N–H and O–H groups in total. The molecule has 0 radical (unpaired) electrons. The van der Waals surface area contributed by atoms with E-state index in [4.69, 9.17) is 4.74 Å². The Balaban J connectivity index is 1.47. The molecule has 0 saturated carbocycles. The first-order valence-electron chi connectivity index (χ1n) is 8.78.